The molecule has 40 heavy (non-hydrogen) atoms. The predicted octanol–water partition coefficient (Wildman–Crippen LogP) is 4.30. The highest BCUT2D eigenvalue weighted by atomic mass is 32.1. The zero-order valence-electron chi connectivity index (χ0n) is 21.6. The SMILES string of the molecule is O=C(CN(C(=O)c1ccccc1)C1CC1)Nc1nc(CC(=O)N2CCN(c3cccc(C(F)(F)F)c3)CC2)cs1. The fourth-order valence-corrected chi connectivity index (χ4v) is 5.34. The van der Waals surface area contributed by atoms with Crippen molar-refractivity contribution in [3.05, 3.63) is 76.8 Å². The van der Waals surface area contributed by atoms with Crippen LogP contribution in [0.4, 0.5) is 24.0 Å². The highest BCUT2D eigenvalue weighted by molar-refractivity contribution is 7.13. The van der Waals surface area contributed by atoms with Gasteiger partial charge in [-0.25, -0.2) is 4.98 Å². The van der Waals surface area contributed by atoms with E-state index in [-0.39, 0.29) is 36.7 Å². The van der Waals surface area contributed by atoms with Gasteiger partial charge in [0.15, 0.2) is 5.13 Å². The van der Waals surface area contributed by atoms with E-state index in [0.717, 1.165) is 25.0 Å². The van der Waals surface area contributed by atoms with E-state index in [4.69, 9.17) is 0 Å². The van der Waals surface area contributed by atoms with Crippen LogP contribution < -0.4 is 10.2 Å². The largest absolute Gasteiger partial charge is 0.416 e. The number of aromatic nitrogens is 1. The molecule has 1 saturated carbocycles. The molecule has 5 rings (SSSR count). The lowest BCUT2D eigenvalue weighted by atomic mass is 10.1. The van der Waals surface area contributed by atoms with Crippen LogP contribution in [0.25, 0.3) is 0 Å². The van der Waals surface area contributed by atoms with Gasteiger partial charge in [0.05, 0.1) is 17.7 Å². The number of nitrogens with zero attached hydrogens (tertiary/aromatic N) is 4. The van der Waals surface area contributed by atoms with Gasteiger partial charge in [0, 0.05) is 48.9 Å². The van der Waals surface area contributed by atoms with Crippen LogP contribution >= 0.6 is 11.3 Å². The molecule has 2 aromatic carbocycles. The summed E-state index contributed by atoms with van der Waals surface area (Å²) in [6.45, 7) is 1.53. The van der Waals surface area contributed by atoms with Crippen molar-refractivity contribution in [2.75, 3.05) is 42.9 Å². The third kappa shape index (κ3) is 6.79. The van der Waals surface area contributed by atoms with Crippen molar-refractivity contribution in [3.8, 4) is 0 Å². The van der Waals surface area contributed by atoms with E-state index < -0.39 is 11.7 Å². The van der Waals surface area contributed by atoms with Crippen molar-refractivity contribution < 1.29 is 27.6 Å². The molecule has 0 radical (unpaired) electrons. The number of benzene rings is 2. The first kappa shape index (κ1) is 27.6. The molecule has 2 heterocycles. The Morgan fingerprint density at radius 3 is 2.40 bits per heavy atom. The first-order valence-electron chi connectivity index (χ1n) is 13.0. The molecular weight excluding hydrogens is 543 g/mol. The number of rotatable bonds is 8. The molecule has 8 nitrogen and oxygen atoms in total. The topological polar surface area (TPSA) is 85.8 Å². The number of nitrogens with one attached hydrogen (secondary N) is 1. The van der Waals surface area contributed by atoms with Crippen LogP contribution in [0, 0.1) is 0 Å². The van der Waals surface area contributed by atoms with Crippen molar-refractivity contribution in [2.24, 2.45) is 0 Å². The van der Waals surface area contributed by atoms with Crippen molar-refractivity contribution >= 4 is 39.9 Å². The van der Waals surface area contributed by atoms with Gasteiger partial charge >= 0.3 is 6.18 Å². The van der Waals surface area contributed by atoms with Crippen LogP contribution in [-0.2, 0) is 22.2 Å². The summed E-state index contributed by atoms with van der Waals surface area (Å²) in [5, 5.41) is 4.80. The summed E-state index contributed by atoms with van der Waals surface area (Å²) in [5.41, 5.74) is 0.837. The fraction of sp³-hybridized carbons (Fsp3) is 0.357. The molecule has 0 spiro atoms. The van der Waals surface area contributed by atoms with Gasteiger partial charge in [-0.2, -0.15) is 13.2 Å². The van der Waals surface area contributed by atoms with Crippen LogP contribution in [0.15, 0.2) is 60.0 Å². The molecule has 1 aliphatic heterocycles. The number of amides is 3. The Bertz CT molecular complexity index is 1370. The normalized spacial score (nSPS) is 15.6. The van der Waals surface area contributed by atoms with Crippen molar-refractivity contribution in [2.45, 2.75) is 31.5 Å². The van der Waals surface area contributed by atoms with Gasteiger partial charge in [0.1, 0.15) is 6.54 Å². The minimum absolute atomic E-state index is 0.0522. The van der Waals surface area contributed by atoms with Crippen molar-refractivity contribution in [3.63, 3.8) is 0 Å². The molecule has 1 N–H and O–H groups in total. The van der Waals surface area contributed by atoms with Crippen molar-refractivity contribution in [1.82, 2.24) is 14.8 Å². The third-order valence-electron chi connectivity index (χ3n) is 6.88. The highest BCUT2D eigenvalue weighted by Gasteiger charge is 2.34. The Morgan fingerprint density at radius 1 is 1.00 bits per heavy atom. The lowest BCUT2D eigenvalue weighted by Gasteiger charge is -2.36. The standard InChI is InChI=1S/C28H28F3N5O3S/c29-28(30,31)20-7-4-8-23(15-20)34-11-13-35(14-12-34)25(38)16-21-18-40-27(32-21)33-24(37)17-36(22-9-10-22)26(39)19-5-2-1-3-6-19/h1-8,15,18,22H,9-14,16-17H2,(H,32,33,37). The Hall–Kier alpha value is -3.93. The summed E-state index contributed by atoms with van der Waals surface area (Å²) in [4.78, 5) is 47.9. The van der Waals surface area contributed by atoms with E-state index in [1.807, 2.05) is 11.0 Å². The quantitative estimate of drug-likeness (QED) is 0.436. The van der Waals surface area contributed by atoms with Crippen LogP contribution in [0.3, 0.4) is 0 Å². The average Bonchev–Trinajstić information content (AvgIpc) is 3.71. The second kappa shape index (κ2) is 11.7. The smallest absolute Gasteiger partial charge is 0.368 e. The molecule has 3 amide bonds. The van der Waals surface area contributed by atoms with Gasteiger partial charge < -0.3 is 20.0 Å². The lowest BCUT2D eigenvalue weighted by molar-refractivity contribution is -0.137. The average molecular weight is 572 g/mol. The molecule has 210 valence electrons. The van der Waals surface area contributed by atoms with Crippen LogP contribution in [0.5, 0.6) is 0 Å². The van der Waals surface area contributed by atoms with E-state index >= 15 is 0 Å². The Kier molecular flexibility index (Phi) is 8.06. The van der Waals surface area contributed by atoms with E-state index in [9.17, 15) is 27.6 Å². The zero-order valence-corrected chi connectivity index (χ0v) is 22.4. The van der Waals surface area contributed by atoms with Crippen molar-refractivity contribution in [1.29, 1.82) is 0 Å². The van der Waals surface area contributed by atoms with Gasteiger partial charge in [-0.15, -0.1) is 11.3 Å². The zero-order chi connectivity index (χ0) is 28.3. The van der Waals surface area contributed by atoms with Gasteiger partial charge in [0.2, 0.25) is 11.8 Å². The van der Waals surface area contributed by atoms with E-state index in [1.54, 1.807) is 45.5 Å². The number of hydrogen-bond acceptors (Lipinski definition) is 6. The summed E-state index contributed by atoms with van der Waals surface area (Å²) in [7, 11) is 0. The van der Waals surface area contributed by atoms with Gasteiger partial charge in [-0.05, 0) is 43.2 Å². The number of halogens is 3. The second-order valence-electron chi connectivity index (χ2n) is 9.82. The molecule has 2 aliphatic rings. The van der Waals surface area contributed by atoms with E-state index in [1.165, 1.54) is 17.4 Å². The third-order valence-corrected chi connectivity index (χ3v) is 7.69. The number of anilines is 2. The number of alkyl halides is 3. The summed E-state index contributed by atoms with van der Waals surface area (Å²) in [5.74, 6) is -0.675. The van der Waals surface area contributed by atoms with E-state index in [0.29, 0.717) is 48.3 Å². The molecule has 1 aliphatic carbocycles. The summed E-state index contributed by atoms with van der Waals surface area (Å²) < 4.78 is 39.2. The number of thiazole rings is 1. The monoisotopic (exact) mass is 571 g/mol. The Balaban J connectivity index is 1.11. The summed E-state index contributed by atoms with van der Waals surface area (Å²) in [6.07, 6.45) is -2.63. The van der Waals surface area contributed by atoms with Gasteiger partial charge in [0.25, 0.3) is 5.91 Å². The minimum atomic E-state index is -4.41. The molecule has 3 aromatic rings. The molecule has 0 bridgehead atoms. The molecule has 2 fully saturated rings. The van der Waals surface area contributed by atoms with Crippen LogP contribution in [-0.4, -0.2) is 71.3 Å². The molecule has 12 heteroatoms. The van der Waals surface area contributed by atoms with Gasteiger partial charge in [-0.1, -0.05) is 24.3 Å². The number of piperazine rings is 1. The predicted molar refractivity (Wildman–Crippen MR) is 145 cm³/mol. The van der Waals surface area contributed by atoms with Crippen LogP contribution in [0.1, 0.15) is 34.5 Å². The summed E-state index contributed by atoms with van der Waals surface area (Å²) in [6, 6.07) is 14.1. The number of carbonyl (C=O) groups excluding carboxylic acids is 3. The molecule has 0 unspecified atom stereocenters. The molecule has 0 atom stereocenters. The lowest BCUT2D eigenvalue weighted by Crippen LogP contribution is -2.49. The van der Waals surface area contributed by atoms with Gasteiger partial charge in [-0.3, -0.25) is 14.4 Å². The fourth-order valence-electron chi connectivity index (χ4n) is 4.62. The Labute approximate surface area is 233 Å². The maximum Gasteiger partial charge on any atom is 0.416 e. The second-order valence-corrected chi connectivity index (χ2v) is 10.7. The maximum absolute atomic E-state index is 13.1. The van der Waals surface area contributed by atoms with Crippen LogP contribution in [0.2, 0.25) is 0 Å². The maximum atomic E-state index is 13.1. The van der Waals surface area contributed by atoms with E-state index in [2.05, 4.69) is 10.3 Å². The first-order valence-corrected chi connectivity index (χ1v) is 13.9. The summed E-state index contributed by atoms with van der Waals surface area (Å²) >= 11 is 1.21. The molecular formula is C28H28F3N5O3S. The first-order chi connectivity index (χ1) is 19.2. The number of hydrogen-bond donors (Lipinski definition) is 1. The molecule has 1 aromatic heterocycles. The highest BCUT2D eigenvalue weighted by Crippen LogP contribution is 2.32. The molecule has 1 saturated heterocycles. The number of carbonyl (C=O) groups is 3. The minimum Gasteiger partial charge on any atom is -0.368 e. The Morgan fingerprint density at radius 2 is 1.73 bits per heavy atom.